The molecule has 3 aromatic carbocycles. The van der Waals surface area contributed by atoms with Gasteiger partial charge in [0.25, 0.3) is 0 Å². The molecule has 170 valence electrons. The zero-order chi connectivity index (χ0) is 23.6. The van der Waals surface area contributed by atoms with Crippen LogP contribution < -0.4 is 15.6 Å². The number of carboxylic acid groups (broad SMARTS) is 1. The van der Waals surface area contributed by atoms with Gasteiger partial charge in [0.15, 0.2) is 0 Å². The number of carboxylic acids is 1. The number of H-pyrrole nitrogens is 1. The Bertz CT molecular complexity index is 1440. The number of aromatic hydroxyl groups is 1. The molecule has 0 aliphatic carbocycles. The van der Waals surface area contributed by atoms with Crippen LogP contribution in [-0.4, -0.2) is 29.6 Å². The highest BCUT2D eigenvalue weighted by molar-refractivity contribution is 7.89. The van der Waals surface area contributed by atoms with Crippen LogP contribution in [0.25, 0.3) is 10.9 Å². The van der Waals surface area contributed by atoms with Crippen molar-refractivity contribution in [1.82, 2.24) is 9.71 Å². The van der Waals surface area contributed by atoms with E-state index in [1.165, 1.54) is 54.6 Å². The highest BCUT2D eigenvalue weighted by Gasteiger charge is 2.18. The van der Waals surface area contributed by atoms with Gasteiger partial charge < -0.3 is 20.6 Å². The van der Waals surface area contributed by atoms with Crippen molar-refractivity contribution in [3.05, 3.63) is 83.7 Å². The quantitative estimate of drug-likeness (QED) is 0.216. The number of aromatic amines is 1. The summed E-state index contributed by atoms with van der Waals surface area (Å²) in [5, 5.41) is 19.8. The maximum Gasteiger partial charge on any atom is 0.335 e. The van der Waals surface area contributed by atoms with Crippen LogP contribution in [-0.2, 0) is 16.6 Å². The van der Waals surface area contributed by atoms with Crippen LogP contribution in [0.5, 0.6) is 5.88 Å². The summed E-state index contributed by atoms with van der Waals surface area (Å²) in [4.78, 5) is 13.8. The fourth-order valence-corrected chi connectivity index (χ4v) is 4.22. The predicted octanol–water partition coefficient (Wildman–Crippen LogP) is 3.63. The lowest BCUT2D eigenvalue weighted by Crippen LogP contribution is -2.23. The van der Waals surface area contributed by atoms with E-state index < -0.39 is 21.8 Å². The second-order valence-corrected chi connectivity index (χ2v) is 8.91. The fraction of sp³-hybridized carbons (Fsp3) is 0.0455. The molecule has 0 aliphatic heterocycles. The lowest BCUT2D eigenvalue weighted by atomic mass is 10.2. The topological polar surface area (TPSA) is 144 Å². The number of halogens is 1. The van der Waals surface area contributed by atoms with Gasteiger partial charge in [-0.25, -0.2) is 22.3 Å². The second-order valence-electron chi connectivity index (χ2n) is 7.14. The SMILES string of the molecule is O=C(O)c1cccc(NNc2c(O)[nH]c3ccc(S(=O)(=O)NCc4ccc(F)cc4)cc23)c1. The van der Waals surface area contributed by atoms with Crippen molar-refractivity contribution in [2.75, 3.05) is 10.9 Å². The average Bonchev–Trinajstić information content (AvgIpc) is 3.11. The number of carbonyl (C=O) groups is 1. The van der Waals surface area contributed by atoms with E-state index in [0.29, 0.717) is 22.2 Å². The van der Waals surface area contributed by atoms with Gasteiger partial charge in [0, 0.05) is 11.9 Å². The number of rotatable bonds is 8. The van der Waals surface area contributed by atoms with Crippen LogP contribution in [0.4, 0.5) is 15.8 Å². The third kappa shape index (κ3) is 4.89. The summed E-state index contributed by atoms with van der Waals surface area (Å²) in [6.45, 7) is -0.0222. The number of sulfonamides is 1. The molecule has 4 aromatic rings. The summed E-state index contributed by atoms with van der Waals surface area (Å²) in [5.41, 5.74) is 7.33. The summed E-state index contributed by atoms with van der Waals surface area (Å²) < 4.78 is 41.0. The maximum absolute atomic E-state index is 13.0. The van der Waals surface area contributed by atoms with Crippen molar-refractivity contribution >= 4 is 38.3 Å². The van der Waals surface area contributed by atoms with Crippen LogP contribution in [0.3, 0.4) is 0 Å². The highest BCUT2D eigenvalue weighted by atomic mass is 32.2. The molecule has 4 rings (SSSR count). The third-order valence-electron chi connectivity index (χ3n) is 4.88. The number of aromatic nitrogens is 1. The second kappa shape index (κ2) is 8.81. The molecule has 0 aliphatic rings. The number of anilines is 2. The first-order chi connectivity index (χ1) is 15.7. The Hall–Kier alpha value is -4.09. The molecule has 11 heteroatoms. The largest absolute Gasteiger partial charge is 0.493 e. The van der Waals surface area contributed by atoms with Crippen LogP contribution in [0, 0.1) is 5.82 Å². The molecule has 6 N–H and O–H groups in total. The molecule has 1 heterocycles. The van der Waals surface area contributed by atoms with Crippen molar-refractivity contribution < 1.29 is 27.8 Å². The van der Waals surface area contributed by atoms with Crippen LogP contribution in [0.1, 0.15) is 15.9 Å². The van der Waals surface area contributed by atoms with Crippen LogP contribution in [0.15, 0.2) is 71.6 Å². The standard InChI is InChI=1S/C22H19FN4O5S/c23-15-6-4-13(5-7-15)12-24-33(31,32)17-8-9-19-18(11-17)20(21(28)25-19)27-26-16-3-1-2-14(10-16)22(29)30/h1-11,24-28H,12H2,(H,29,30). The van der Waals surface area contributed by atoms with E-state index in [0.717, 1.165) is 0 Å². The molecule has 0 fully saturated rings. The van der Waals surface area contributed by atoms with Crippen molar-refractivity contribution in [3.8, 4) is 5.88 Å². The Labute approximate surface area is 187 Å². The van der Waals surface area contributed by atoms with E-state index in [4.69, 9.17) is 5.11 Å². The van der Waals surface area contributed by atoms with Gasteiger partial charge in [-0.1, -0.05) is 18.2 Å². The molecule has 1 aromatic heterocycles. The zero-order valence-electron chi connectivity index (χ0n) is 17.0. The van der Waals surface area contributed by atoms with Crippen LogP contribution in [0.2, 0.25) is 0 Å². The predicted molar refractivity (Wildman–Crippen MR) is 121 cm³/mol. The van der Waals surface area contributed by atoms with E-state index in [1.807, 2.05) is 0 Å². The van der Waals surface area contributed by atoms with Gasteiger partial charge in [0.1, 0.15) is 11.5 Å². The van der Waals surface area contributed by atoms with E-state index in [-0.39, 0.29) is 28.6 Å². The first-order valence-electron chi connectivity index (χ1n) is 9.67. The first-order valence-corrected chi connectivity index (χ1v) is 11.2. The molecule has 9 nitrogen and oxygen atoms in total. The van der Waals surface area contributed by atoms with Gasteiger partial charge in [-0.2, -0.15) is 0 Å². The molecule has 0 amide bonds. The highest BCUT2D eigenvalue weighted by Crippen LogP contribution is 2.34. The lowest BCUT2D eigenvalue weighted by molar-refractivity contribution is 0.0697. The van der Waals surface area contributed by atoms with Crippen molar-refractivity contribution in [1.29, 1.82) is 0 Å². The average molecular weight is 470 g/mol. The van der Waals surface area contributed by atoms with Gasteiger partial charge >= 0.3 is 5.97 Å². The molecule has 0 spiro atoms. The lowest BCUT2D eigenvalue weighted by Gasteiger charge is -2.11. The first kappa shape index (κ1) is 22.1. The number of benzene rings is 3. The molecule has 33 heavy (non-hydrogen) atoms. The van der Waals surface area contributed by atoms with Crippen molar-refractivity contribution in [3.63, 3.8) is 0 Å². The monoisotopic (exact) mass is 470 g/mol. The summed E-state index contributed by atoms with van der Waals surface area (Å²) in [5.74, 6) is -1.74. The van der Waals surface area contributed by atoms with Crippen LogP contribution >= 0.6 is 0 Å². The number of hydrogen-bond donors (Lipinski definition) is 6. The Morgan fingerprint density at radius 2 is 1.76 bits per heavy atom. The van der Waals surface area contributed by atoms with E-state index in [9.17, 15) is 22.7 Å². The maximum atomic E-state index is 13.0. The molecule has 0 saturated heterocycles. The van der Waals surface area contributed by atoms with E-state index >= 15 is 0 Å². The molecular formula is C22H19FN4O5S. The minimum absolute atomic E-state index is 0.0222. The Morgan fingerprint density at radius 3 is 2.48 bits per heavy atom. The molecule has 0 saturated carbocycles. The van der Waals surface area contributed by atoms with Crippen molar-refractivity contribution in [2.45, 2.75) is 11.4 Å². The molecule has 0 unspecified atom stereocenters. The molecule has 0 bridgehead atoms. The van der Waals surface area contributed by atoms with E-state index in [1.54, 1.807) is 12.1 Å². The van der Waals surface area contributed by atoms with Gasteiger partial charge in [0.05, 0.1) is 21.7 Å². The Kier molecular flexibility index (Phi) is 5.90. The van der Waals surface area contributed by atoms with Crippen molar-refractivity contribution in [2.24, 2.45) is 0 Å². The number of hydrogen-bond acceptors (Lipinski definition) is 6. The van der Waals surface area contributed by atoms with Gasteiger partial charge in [-0.3, -0.25) is 5.43 Å². The number of fused-ring (bicyclic) bond motifs is 1. The number of aromatic carboxylic acids is 1. The zero-order valence-corrected chi connectivity index (χ0v) is 17.8. The minimum Gasteiger partial charge on any atom is -0.493 e. The Morgan fingerprint density at radius 1 is 1.00 bits per heavy atom. The molecule has 0 atom stereocenters. The summed E-state index contributed by atoms with van der Waals surface area (Å²) in [6, 6.07) is 15.8. The van der Waals surface area contributed by atoms with Gasteiger partial charge in [-0.05, 0) is 54.1 Å². The molecular weight excluding hydrogens is 451 g/mol. The summed E-state index contributed by atoms with van der Waals surface area (Å²) >= 11 is 0. The third-order valence-corrected chi connectivity index (χ3v) is 6.28. The normalized spacial score (nSPS) is 11.4. The number of hydrazine groups is 1. The smallest absolute Gasteiger partial charge is 0.335 e. The summed E-state index contributed by atoms with van der Waals surface area (Å²) in [7, 11) is -3.90. The fourth-order valence-electron chi connectivity index (χ4n) is 3.18. The minimum atomic E-state index is -3.90. The molecule has 0 radical (unpaired) electrons. The van der Waals surface area contributed by atoms with Gasteiger partial charge in [-0.15, -0.1) is 0 Å². The Balaban J connectivity index is 1.56. The summed E-state index contributed by atoms with van der Waals surface area (Å²) in [6.07, 6.45) is 0. The number of nitrogens with one attached hydrogen (secondary N) is 4. The van der Waals surface area contributed by atoms with Gasteiger partial charge in [0.2, 0.25) is 15.9 Å². The van der Waals surface area contributed by atoms with E-state index in [2.05, 4.69) is 20.6 Å².